The second-order valence-electron chi connectivity index (χ2n) is 6.01. The normalized spacial score (nSPS) is 15.7. The van der Waals surface area contributed by atoms with Gasteiger partial charge in [-0.05, 0) is 54.8 Å². The van der Waals surface area contributed by atoms with Crippen molar-refractivity contribution in [2.45, 2.75) is 25.9 Å². The quantitative estimate of drug-likeness (QED) is 0.822. The Kier molecular flexibility index (Phi) is 5.83. The van der Waals surface area contributed by atoms with Crippen LogP contribution in [-0.2, 0) is 16.8 Å². The van der Waals surface area contributed by atoms with Gasteiger partial charge < -0.3 is 4.74 Å². The van der Waals surface area contributed by atoms with Gasteiger partial charge in [-0.3, -0.25) is 4.72 Å². The summed E-state index contributed by atoms with van der Waals surface area (Å²) in [6.45, 7) is 1.56. The Morgan fingerprint density at radius 2 is 1.76 bits per heavy atom. The van der Waals surface area contributed by atoms with Crippen molar-refractivity contribution in [2.24, 2.45) is 0 Å². The average molecular weight is 381 g/mol. The molecule has 2 aromatic rings. The van der Waals surface area contributed by atoms with Gasteiger partial charge in [0.25, 0.3) is 0 Å². The molecule has 0 amide bonds. The molecule has 1 saturated heterocycles. The summed E-state index contributed by atoms with van der Waals surface area (Å²) in [6.07, 6.45) is 2.92. The fourth-order valence-corrected chi connectivity index (χ4v) is 4.25. The lowest BCUT2D eigenvalue weighted by atomic mass is 10.2. The predicted octanol–water partition coefficient (Wildman–Crippen LogP) is 4.06. The number of benzene rings is 2. The van der Waals surface area contributed by atoms with Crippen LogP contribution in [0.3, 0.4) is 0 Å². The van der Waals surface area contributed by atoms with Crippen LogP contribution in [0.5, 0.6) is 5.75 Å². The van der Waals surface area contributed by atoms with Gasteiger partial charge >= 0.3 is 10.2 Å². The molecule has 0 radical (unpaired) electrons. The van der Waals surface area contributed by atoms with Gasteiger partial charge in [0.05, 0.1) is 5.69 Å². The van der Waals surface area contributed by atoms with Crippen LogP contribution in [0.1, 0.15) is 24.8 Å². The molecule has 1 N–H and O–H groups in total. The number of ether oxygens (including phenoxy) is 1. The first-order chi connectivity index (χ1) is 12.0. The smallest absolute Gasteiger partial charge is 0.301 e. The lowest BCUT2D eigenvalue weighted by Crippen LogP contribution is -2.39. The number of nitrogens with zero attached hydrogens (tertiary/aromatic N) is 1. The summed E-state index contributed by atoms with van der Waals surface area (Å²) in [6, 6.07) is 14.4. The first kappa shape index (κ1) is 18.0. The predicted molar refractivity (Wildman–Crippen MR) is 100 cm³/mol. The Morgan fingerprint density at radius 1 is 1.04 bits per heavy atom. The van der Waals surface area contributed by atoms with E-state index in [0.717, 1.165) is 24.8 Å². The fourth-order valence-electron chi connectivity index (χ4n) is 2.73. The second-order valence-corrected chi connectivity index (χ2v) is 8.12. The molecule has 0 unspecified atom stereocenters. The average Bonchev–Trinajstić information content (AvgIpc) is 2.62. The van der Waals surface area contributed by atoms with Gasteiger partial charge in [-0.2, -0.15) is 12.7 Å². The number of rotatable bonds is 6. The molecule has 2 aromatic carbocycles. The van der Waals surface area contributed by atoms with Crippen LogP contribution < -0.4 is 9.46 Å². The number of piperidine rings is 1. The summed E-state index contributed by atoms with van der Waals surface area (Å²) < 4.78 is 34.5. The third kappa shape index (κ3) is 5.11. The minimum atomic E-state index is -3.48. The number of anilines is 1. The Hall–Kier alpha value is -1.76. The number of halogens is 1. The maximum atomic E-state index is 12.4. The zero-order chi connectivity index (χ0) is 17.7. The number of hydrogen-bond donors (Lipinski definition) is 1. The molecule has 3 rings (SSSR count). The van der Waals surface area contributed by atoms with Crippen LogP contribution in [0.15, 0.2) is 48.5 Å². The molecule has 5 nitrogen and oxygen atoms in total. The molecule has 1 fully saturated rings. The molecule has 0 atom stereocenters. The standard InChI is InChI=1S/C18H21ClN2O3S/c19-16-6-4-5-15(13-16)14-24-18-9-7-17(8-10-18)20-25(22,23)21-11-2-1-3-12-21/h4-10,13,20H,1-3,11-12,14H2. The Bertz CT molecular complexity index is 803. The summed E-state index contributed by atoms with van der Waals surface area (Å²) in [5.74, 6) is 0.667. The Morgan fingerprint density at radius 3 is 2.44 bits per heavy atom. The van der Waals surface area contributed by atoms with Crippen LogP contribution >= 0.6 is 11.6 Å². The molecule has 0 aliphatic carbocycles. The summed E-state index contributed by atoms with van der Waals surface area (Å²) in [4.78, 5) is 0. The highest BCUT2D eigenvalue weighted by Gasteiger charge is 2.23. The minimum absolute atomic E-state index is 0.402. The van der Waals surface area contributed by atoms with Gasteiger partial charge in [0.15, 0.2) is 0 Å². The van der Waals surface area contributed by atoms with Crippen molar-refractivity contribution in [1.82, 2.24) is 4.31 Å². The van der Waals surface area contributed by atoms with Gasteiger partial charge in [-0.1, -0.05) is 30.2 Å². The van der Waals surface area contributed by atoms with Crippen molar-refractivity contribution in [3.63, 3.8) is 0 Å². The van der Waals surface area contributed by atoms with Crippen LogP contribution in [0.4, 0.5) is 5.69 Å². The van der Waals surface area contributed by atoms with E-state index in [2.05, 4.69) is 4.72 Å². The summed E-state index contributed by atoms with van der Waals surface area (Å²) in [5.41, 5.74) is 1.50. The number of hydrogen-bond acceptors (Lipinski definition) is 3. The highest BCUT2D eigenvalue weighted by atomic mass is 35.5. The van der Waals surface area contributed by atoms with E-state index in [1.165, 1.54) is 4.31 Å². The zero-order valence-electron chi connectivity index (χ0n) is 13.8. The molecular weight excluding hydrogens is 360 g/mol. The van der Waals surface area contributed by atoms with Gasteiger partial charge in [0, 0.05) is 18.1 Å². The van der Waals surface area contributed by atoms with Gasteiger partial charge in [0.2, 0.25) is 0 Å². The maximum absolute atomic E-state index is 12.4. The Balaban J connectivity index is 1.58. The van der Waals surface area contributed by atoms with Crippen molar-refractivity contribution in [1.29, 1.82) is 0 Å². The molecule has 134 valence electrons. The van der Waals surface area contributed by atoms with Gasteiger partial charge in [-0.25, -0.2) is 0 Å². The highest BCUT2D eigenvalue weighted by Crippen LogP contribution is 2.21. The van der Waals surface area contributed by atoms with Crippen molar-refractivity contribution in [3.05, 3.63) is 59.1 Å². The monoisotopic (exact) mass is 380 g/mol. The van der Waals surface area contributed by atoms with E-state index in [-0.39, 0.29) is 0 Å². The Labute approximate surface area is 153 Å². The van der Waals surface area contributed by atoms with E-state index in [1.807, 2.05) is 24.3 Å². The lowest BCUT2D eigenvalue weighted by Gasteiger charge is -2.26. The molecule has 1 heterocycles. The SMILES string of the molecule is O=S(=O)(Nc1ccc(OCc2cccc(Cl)c2)cc1)N1CCCCC1. The topological polar surface area (TPSA) is 58.6 Å². The zero-order valence-corrected chi connectivity index (χ0v) is 15.4. The molecule has 0 saturated carbocycles. The van der Waals surface area contributed by atoms with Crippen LogP contribution in [-0.4, -0.2) is 25.8 Å². The highest BCUT2D eigenvalue weighted by molar-refractivity contribution is 7.90. The van der Waals surface area contributed by atoms with E-state index in [9.17, 15) is 8.42 Å². The molecule has 25 heavy (non-hydrogen) atoms. The van der Waals surface area contributed by atoms with E-state index < -0.39 is 10.2 Å². The molecule has 0 aromatic heterocycles. The molecule has 0 bridgehead atoms. The summed E-state index contributed by atoms with van der Waals surface area (Å²) in [5, 5.41) is 0.670. The molecule has 0 spiro atoms. The third-order valence-electron chi connectivity index (χ3n) is 4.05. The van der Waals surface area contributed by atoms with E-state index in [4.69, 9.17) is 16.3 Å². The van der Waals surface area contributed by atoms with E-state index in [0.29, 0.717) is 36.2 Å². The van der Waals surface area contributed by atoms with Crippen molar-refractivity contribution in [2.75, 3.05) is 17.8 Å². The van der Waals surface area contributed by atoms with Crippen LogP contribution in [0, 0.1) is 0 Å². The summed E-state index contributed by atoms with van der Waals surface area (Å²) in [7, 11) is -3.48. The molecule has 7 heteroatoms. The summed E-state index contributed by atoms with van der Waals surface area (Å²) >= 11 is 5.95. The van der Waals surface area contributed by atoms with Crippen molar-refractivity contribution < 1.29 is 13.2 Å². The fraction of sp³-hybridized carbons (Fsp3) is 0.333. The van der Waals surface area contributed by atoms with Gasteiger partial charge in [-0.15, -0.1) is 0 Å². The largest absolute Gasteiger partial charge is 0.489 e. The minimum Gasteiger partial charge on any atom is -0.489 e. The molecule has 1 aliphatic heterocycles. The second kappa shape index (κ2) is 8.08. The van der Waals surface area contributed by atoms with Crippen LogP contribution in [0.2, 0.25) is 5.02 Å². The lowest BCUT2D eigenvalue weighted by molar-refractivity contribution is 0.306. The van der Waals surface area contributed by atoms with Crippen molar-refractivity contribution in [3.8, 4) is 5.75 Å². The van der Waals surface area contributed by atoms with E-state index >= 15 is 0 Å². The number of nitrogens with one attached hydrogen (secondary N) is 1. The van der Waals surface area contributed by atoms with E-state index in [1.54, 1.807) is 24.3 Å². The first-order valence-corrected chi connectivity index (χ1v) is 10.1. The molecule has 1 aliphatic rings. The maximum Gasteiger partial charge on any atom is 0.301 e. The van der Waals surface area contributed by atoms with Crippen LogP contribution in [0.25, 0.3) is 0 Å². The van der Waals surface area contributed by atoms with Crippen molar-refractivity contribution >= 4 is 27.5 Å². The third-order valence-corrected chi connectivity index (χ3v) is 5.82. The molecular formula is C18H21ClN2O3S. The van der Waals surface area contributed by atoms with Gasteiger partial charge in [0.1, 0.15) is 12.4 Å². The first-order valence-electron chi connectivity index (χ1n) is 8.28.